The summed E-state index contributed by atoms with van der Waals surface area (Å²) in [6.45, 7) is 4.18. The van der Waals surface area contributed by atoms with E-state index < -0.39 is 0 Å². The number of hydrogen-bond acceptors (Lipinski definition) is 4. The van der Waals surface area contributed by atoms with Crippen molar-refractivity contribution < 1.29 is 4.74 Å². The fraction of sp³-hybridized carbons (Fsp3) is 0.667. The number of nitrogens with one attached hydrogen (secondary N) is 1. The van der Waals surface area contributed by atoms with E-state index in [1.165, 1.54) is 4.68 Å². The van der Waals surface area contributed by atoms with E-state index in [0.717, 1.165) is 31.6 Å². The maximum atomic E-state index is 12.0. The van der Waals surface area contributed by atoms with Gasteiger partial charge in [-0.3, -0.25) is 4.79 Å². The first-order valence-corrected chi connectivity index (χ1v) is 7.11. The fourth-order valence-electron chi connectivity index (χ4n) is 2.01. The Labute approximate surface area is 115 Å². The van der Waals surface area contributed by atoms with Crippen molar-refractivity contribution in [1.29, 1.82) is 0 Å². The number of hydrogen-bond donors (Lipinski definition) is 1. The highest BCUT2D eigenvalue weighted by Crippen LogP contribution is 2.19. The van der Waals surface area contributed by atoms with Crippen molar-refractivity contribution in [2.45, 2.75) is 38.8 Å². The summed E-state index contributed by atoms with van der Waals surface area (Å²) < 4.78 is 7.44. The second-order valence-electron chi connectivity index (χ2n) is 4.46. The highest BCUT2D eigenvalue weighted by atomic mass is 79.9. The van der Waals surface area contributed by atoms with Crippen molar-refractivity contribution in [3.8, 4) is 0 Å². The van der Waals surface area contributed by atoms with Crippen LogP contribution in [-0.2, 0) is 11.3 Å². The predicted molar refractivity (Wildman–Crippen MR) is 74.0 cm³/mol. The normalized spacial score (nSPS) is 19.8. The van der Waals surface area contributed by atoms with Gasteiger partial charge in [-0.15, -0.1) is 0 Å². The number of anilines is 1. The summed E-state index contributed by atoms with van der Waals surface area (Å²) in [4.78, 5) is 12.0. The number of rotatable bonds is 4. The van der Waals surface area contributed by atoms with Crippen molar-refractivity contribution in [3.63, 3.8) is 0 Å². The maximum Gasteiger partial charge on any atom is 0.283 e. The third-order valence-corrected chi connectivity index (χ3v) is 3.71. The average Bonchev–Trinajstić information content (AvgIpc) is 2.40. The van der Waals surface area contributed by atoms with Crippen LogP contribution in [0.2, 0.25) is 0 Å². The van der Waals surface area contributed by atoms with E-state index in [1.807, 2.05) is 6.92 Å². The van der Waals surface area contributed by atoms with Crippen molar-refractivity contribution in [2.75, 3.05) is 18.5 Å². The summed E-state index contributed by atoms with van der Waals surface area (Å²) in [7, 11) is 0. The van der Waals surface area contributed by atoms with Gasteiger partial charge < -0.3 is 10.1 Å². The Kier molecular flexibility index (Phi) is 4.77. The number of nitrogens with zero attached hydrogens (tertiary/aromatic N) is 2. The fourth-order valence-corrected chi connectivity index (χ4v) is 2.43. The van der Waals surface area contributed by atoms with E-state index in [1.54, 1.807) is 6.20 Å². The molecule has 0 bridgehead atoms. The highest BCUT2D eigenvalue weighted by Gasteiger charge is 2.16. The molecule has 0 radical (unpaired) electrons. The molecule has 5 nitrogen and oxygen atoms in total. The third kappa shape index (κ3) is 3.11. The minimum atomic E-state index is -0.0847. The predicted octanol–water partition coefficient (Wildman–Crippen LogP) is 2.01. The van der Waals surface area contributed by atoms with Gasteiger partial charge in [-0.05, 0) is 35.2 Å². The Morgan fingerprint density at radius 3 is 3.17 bits per heavy atom. The van der Waals surface area contributed by atoms with Crippen LogP contribution in [0.5, 0.6) is 0 Å². The molecule has 0 aliphatic carbocycles. The molecular formula is C12H18BrN3O2. The Morgan fingerprint density at radius 1 is 1.67 bits per heavy atom. The molecule has 1 aliphatic heterocycles. The summed E-state index contributed by atoms with van der Waals surface area (Å²) in [5.74, 6) is 0. The second kappa shape index (κ2) is 6.33. The molecule has 1 fully saturated rings. The highest BCUT2D eigenvalue weighted by molar-refractivity contribution is 9.10. The SMILES string of the molecule is CCCn1ncc(NC2CCCOC2)c(Br)c1=O. The summed E-state index contributed by atoms with van der Waals surface area (Å²) in [5, 5.41) is 7.48. The molecule has 1 unspecified atom stereocenters. The third-order valence-electron chi connectivity index (χ3n) is 2.94. The number of halogens is 1. The van der Waals surface area contributed by atoms with Crippen molar-refractivity contribution in [2.24, 2.45) is 0 Å². The molecule has 6 heteroatoms. The van der Waals surface area contributed by atoms with Crippen molar-refractivity contribution >= 4 is 21.6 Å². The molecule has 1 aromatic heterocycles. The van der Waals surface area contributed by atoms with Crippen LogP contribution >= 0.6 is 15.9 Å². The van der Waals surface area contributed by atoms with Gasteiger partial charge in [0.05, 0.1) is 18.5 Å². The number of aromatic nitrogens is 2. The van der Waals surface area contributed by atoms with Crippen LogP contribution in [0.1, 0.15) is 26.2 Å². The molecule has 18 heavy (non-hydrogen) atoms. The molecular weight excluding hydrogens is 298 g/mol. The zero-order chi connectivity index (χ0) is 13.0. The van der Waals surface area contributed by atoms with E-state index in [9.17, 15) is 4.79 Å². The molecule has 0 spiro atoms. The molecule has 1 aromatic rings. The molecule has 0 amide bonds. The van der Waals surface area contributed by atoms with Crippen molar-refractivity contribution in [1.82, 2.24) is 9.78 Å². The van der Waals surface area contributed by atoms with Crippen molar-refractivity contribution in [3.05, 3.63) is 21.0 Å². The Morgan fingerprint density at radius 2 is 2.50 bits per heavy atom. The van der Waals surface area contributed by atoms with E-state index in [0.29, 0.717) is 17.6 Å². The Bertz CT molecular complexity index is 455. The molecule has 0 aromatic carbocycles. The second-order valence-corrected chi connectivity index (χ2v) is 5.25. The van der Waals surface area contributed by atoms with Gasteiger partial charge in [0.15, 0.2) is 0 Å². The van der Waals surface area contributed by atoms with E-state index in [2.05, 4.69) is 26.3 Å². The van der Waals surface area contributed by atoms with Gasteiger partial charge in [0.25, 0.3) is 5.56 Å². The standard InChI is InChI=1S/C12H18BrN3O2/c1-2-5-16-12(17)11(13)10(7-14-16)15-9-4-3-6-18-8-9/h7,9,15H,2-6,8H2,1H3. The lowest BCUT2D eigenvalue weighted by Gasteiger charge is -2.24. The van der Waals surface area contributed by atoms with Gasteiger partial charge >= 0.3 is 0 Å². The monoisotopic (exact) mass is 315 g/mol. The molecule has 1 aliphatic rings. The van der Waals surface area contributed by atoms with Gasteiger partial charge in [-0.25, -0.2) is 4.68 Å². The van der Waals surface area contributed by atoms with Gasteiger partial charge in [-0.2, -0.15) is 5.10 Å². The lowest BCUT2D eigenvalue weighted by atomic mass is 10.1. The van der Waals surface area contributed by atoms with Crippen LogP contribution in [0.3, 0.4) is 0 Å². The summed E-state index contributed by atoms with van der Waals surface area (Å²) in [6.07, 6.45) is 4.71. The van der Waals surface area contributed by atoms with Gasteiger partial charge in [0.1, 0.15) is 4.47 Å². The molecule has 2 heterocycles. The van der Waals surface area contributed by atoms with Gasteiger partial charge in [0, 0.05) is 19.2 Å². The minimum Gasteiger partial charge on any atom is -0.379 e. The first-order valence-electron chi connectivity index (χ1n) is 6.32. The number of ether oxygens (including phenoxy) is 1. The lowest BCUT2D eigenvalue weighted by Crippen LogP contribution is -2.32. The van der Waals surface area contributed by atoms with Crippen LogP contribution in [0, 0.1) is 0 Å². The molecule has 0 saturated carbocycles. The van der Waals surface area contributed by atoms with Crippen LogP contribution in [0.25, 0.3) is 0 Å². The smallest absolute Gasteiger partial charge is 0.283 e. The molecule has 100 valence electrons. The van der Waals surface area contributed by atoms with Crippen LogP contribution in [0.4, 0.5) is 5.69 Å². The van der Waals surface area contributed by atoms with E-state index >= 15 is 0 Å². The Balaban J connectivity index is 2.13. The summed E-state index contributed by atoms with van der Waals surface area (Å²) >= 11 is 3.35. The largest absolute Gasteiger partial charge is 0.379 e. The number of aryl methyl sites for hydroxylation is 1. The van der Waals surface area contributed by atoms with Crippen LogP contribution < -0.4 is 10.9 Å². The molecule has 2 rings (SSSR count). The minimum absolute atomic E-state index is 0.0847. The lowest BCUT2D eigenvalue weighted by molar-refractivity contribution is 0.0876. The Hall–Kier alpha value is -0.880. The topological polar surface area (TPSA) is 56.1 Å². The van der Waals surface area contributed by atoms with Gasteiger partial charge in [0.2, 0.25) is 0 Å². The zero-order valence-corrected chi connectivity index (χ0v) is 12.1. The molecule has 1 atom stereocenters. The first-order chi connectivity index (χ1) is 8.72. The summed E-state index contributed by atoms with van der Waals surface area (Å²) in [5.41, 5.74) is 0.668. The first kappa shape index (κ1) is 13.5. The van der Waals surface area contributed by atoms with E-state index in [4.69, 9.17) is 4.74 Å². The quantitative estimate of drug-likeness (QED) is 0.923. The van der Waals surface area contributed by atoms with Crippen LogP contribution in [0.15, 0.2) is 15.5 Å². The summed E-state index contributed by atoms with van der Waals surface area (Å²) in [6, 6.07) is 0.262. The van der Waals surface area contributed by atoms with Gasteiger partial charge in [-0.1, -0.05) is 6.92 Å². The van der Waals surface area contributed by atoms with Crippen LogP contribution in [-0.4, -0.2) is 29.0 Å². The molecule has 1 saturated heterocycles. The van der Waals surface area contributed by atoms with E-state index in [-0.39, 0.29) is 11.6 Å². The average molecular weight is 316 g/mol. The zero-order valence-electron chi connectivity index (χ0n) is 10.5. The maximum absolute atomic E-state index is 12.0. The molecule has 1 N–H and O–H groups in total.